The molecule has 0 spiro atoms. The summed E-state index contributed by atoms with van der Waals surface area (Å²) in [6.45, 7) is 6.12. The molecule has 0 saturated carbocycles. The summed E-state index contributed by atoms with van der Waals surface area (Å²) in [5, 5.41) is 0. The molecule has 7 nitrogen and oxygen atoms in total. The first kappa shape index (κ1) is 44.1. The first-order chi connectivity index (χ1) is 23.4. The second kappa shape index (κ2) is 31.1. The zero-order valence-electron chi connectivity index (χ0n) is 31.5. The maximum atomic E-state index is 13.4. The molecule has 1 aromatic heterocycles. The summed E-state index contributed by atoms with van der Waals surface area (Å²) in [5.41, 5.74) is 0. The highest BCUT2D eigenvalue weighted by atomic mass is 32.1. The Morgan fingerprint density at radius 1 is 0.562 bits per heavy atom. The number of hydrogen-bond donors (Lipinski definition) is 0. The number of amides is 1. The molecule has 1 heterocycles. The van der Waals surface area contributed by atoms with E-state index in [0.29, 0.717) is 17.7 Å². The minimum atomic E-state index is -0.207. The third-order valence-corrected chi connectivity index (χ3v) is 9.91. The van der Waals surface area contributed by atoms with E-state index in [0.717, 1.165) is 37.1 Å². The van der Waals surface area contributed by atoms with E-state index in [2.05, 4.69) is 18.7 Å². The van der Waals surface area contributed by atoms with Crippen molar-refractivity contribution >= 4 is 29.2 Å². The number of esters is 2. The van der Waals surface area contributed by atoms with Crippen molar-refractivity contribution in [3.63, 3.8) is 0 Å². The number of rotatable bonds is 33. The monoisotopic (exact) mass is 693 g/mol. The normalized spacial score (nSPS) is 11.3. The van der Waals surface area contributed by atoms with Gasteiger partial charge in [-0.1, -0.05) is 142 Å². The van der Waals surface area contributed by atoms with Gasteiger partial charge >= 0.3 is 11.9 Å². The molecule has 0 aliphatic carbocycles. The minimum absolute atomic E-state index is 0.118. The standard InChI is InChI=1S/C40H72N2O5S/c1-5-7-9-11-13-15-17-19-21-23-25-27-38(43)46-33-31-42(40(45)37-30-29-36(48-37)35-41(3)4)32-34-47-39(44)28-26-24-22-20-18-16-14-12-10-8-6-2/h29-30H,5-28,31-35H2,1-4H3. The molecule has 0 aromatic carbocycles. The van der Waals surface area contributed by atoms with Gasteiger partial charge in [0.25, 0.3) is 5.91 Å². The molecule has 0 saturated heterocycles. The van der Waals surface area contributed by atoms with E-state index in [1.165, 1.54) is 127 Å². The van der Waals surface area contributed by atoms with Gasteiger partial charge in [0.15, 0.2) is 0 Å². The average Bonchev–Trinajstić information content (AvgIpc) is 3.52. The van der Waals surface area contributed by atoms with Gasteiger partial charge in [-0.2, -0.15) is 0 Å². The lowest BCUT2D eigenvalue weighted by atomic mass is 10.1. The Bertz CT molecular complexity index is 890. The van der Waals surface area contributed by atoms with Crippen molar-refractivity contribution in [2.45, 2.75) is 174 Å². The van der Waals surface area contributed by atoms with Crippen molar-refractivity contribution in [3.8, 4) is 0 Å². The number of thiophene rings is 1. The lowest BCUT2D eigenvalue weighted by molar-refractivity contribution is -0.144. The van der Waals surface area contributed by atoms with E-state index in [1.54, 1.807) is 4.90 Å². The SMILES string of the molecule is CCCCCCCCCCCCCC(=O)OCCN(CCOC(=O)CCCCCCCCCCCCC)C(=O)c1ccc(CN(C)C)s1. The Hall–Kier alpha value is -1.93. The quantitative estimate of drug-likeness (QED) is 0.0539. The molecule has 48 heavy (non-hydrogen) atoms. The van der Waals surface area contributed by atoms with Crippen LogP contribution < -0.4 is 0 Å². The Morgan fingerprint density at radius 3 is 1.31 bits per heavy atom. The second-order valence-electron chi connectivity index (χ2n) is 13.8. The van der Waals surface area contributed by atoms with Crippen LogP contribution in [0.4, 0.5) is 0 Å². The van der Waals surface area contributed by atoms with Crippen LogP contribution in [0.25, 0.3) is 0 Å². The van der Waals surface area contributed by atoms with Crippen LogP contribution in [-0.4, -0.2) is 68.0 Å². The second-order valence-corrected chi connectivity index (χ2v) is 15.0. The van der Waals surface area contributed by atoms with E-state index in [1.807, 2.05) is 26.2 Å². The zero-order valence-corrected chi connectivity index (χ0v) is 32.3. The molecule has 0 bridgehead atoms. The number of carbonyl (C=O) groups excluding carboxylic acids is 3. The highest BCUT2D eigenvalue weighted by Crippen LogP contribution is 2.20. The average molecular weight is 693 g/mol. The zero-order chi connectivity index (χ0) is 35.1. The molecule has 0 fully saturated rings. The van der Waals surface area contributed by atoms with Crippen LogP contribution >= 0.6 is 11.3 Å². The molecule has 0 unspecified atom stereocenters. The van der Waals surface area contributed by atoms with Crippen LogP contribution in [0.15, 0.2) is 12.1 Å². The topological polar surface area (TPSA) is 76.1 Å². The summed E-state index contributed by atoms with van der Waals surface area (Å²) in [5.74, 6) is -0.532. The van der Waals surface area contributed by atoms with Gasteiger partial charge in [0, 0.05) is 24.3 Å². The molecule has 1 rings (SSSR count). The van der Waals surface area contributed by atoms with Crippen molar-refractivity contribution in [1.82, 2.24) is 9.80 Å². The van der Waals surface area contributed by atoms with Gasteiger partial charge in [0.1, 0.15) is 13.2 Å². The number of carbonyl (C=O) groups is 3. The van der Waals surface area contributed by atoms with Crippen molar-refractivity contribution in [1.29, 1.82) is 0 Å². The van der Waals surface area contributed by atoms with Gasteiger partial charge in [-0.3, -0.25) is 14.4 Å². The third-order valence-electron chi connectivity index (χ3n) is 8.85. The Labute approximate surface area is 298 Å². The largest absolute Gasteiger partial charge is 0.464 e. The van der Waals surface area contributed by atoms with E-state index in [9.17, 15) is 14.4 Å². The van der Waals surface area contributed by atoms with E-state index in [-0.39, 0.29) is 44.1 Å². The molecule has 0 radical (unpaired) electrons. The molecule has 0 aliphatic rings. The van der Waals surface area contributed by atoms with Crippen LogP contribution in [0.2, 0.25) is 0 Å². The Kier molecular flexibility index (Phi) is 28.5. The number of unbranched alkanes of at least 4 members (excludes halogenated alkanes) is 20. The smallest absolute Gasteiger partial charge is 0.305 e. The van der Waals surface area contributed by atoms with Gasteiger partial charge in [-0.05, 0) is 39.1 Å². The van der Waals surface area contributed by atoms with Gasteiger partial charge in [0.05, 0.1) is 18.0 Å². The fraction of sp³-hybridized carbons (Fsp3) is 0.825. The van der Waals surface area contributed by atoms with Crippen LogP contribution in [0, 0.1) is 0 Å². The van der Waals surface area contributed by atoms with E-state index < -0.39 is 0 Å². The minimum Gasteiger partial charge on any atom is -0.464 e. The number of hydrogen-bond acceptors (Lipinski definition) is 7. The summed E-state index contributed by atoms with van der Waals surface area (Å²) in [4.78, 5) is 43.7. The molecule has 0 aliphatic heterocycles. The molecule has 1 aromatic rings. The number of ether oxygens (including phenoxy) is 2. The van der Waals surface area contributed by atoms with Crippen LogP contribution in [-0.2, 0) is 25.6 Å². The highest BCUT2D eigenvalue weighted by Gasteiger charge is 2.19. The molecule has 1 amide bonds. The predicted molar refractivity (Wildman–Crippen MR) is 202 cm³/mol. The molecule has 8 heteroatoms. The maximum Gasteiger partial charge on any atom is 0.305 e. The maximum absolute atomic E-state index is 13.4. The van der Waals surface area contributed by atoms with Crippen LogP contribution in [0.5, 0.6) is 0 Å². The fourth-order valence-corrected chi connectivity index (χ4v) is 7.00. The molecular weight excluding hydrogens is 621 g/mol. The highest BCUT2D eigenvalue weighted by molar-refractivity contribution is 7.14. The molecule has 0 N–H and O–H groups in total. The Morgan fingerprint density at radius 2 is 0.938 bits per heavy atom. The van der Waals surface area contributed by atoms with Crippen LogP contribution in [0.3, 0.4) is 0 Å². The fourth-order valence-electron chi connectivity index (χ4n) is 5.91. The van der Waals surface area contributed by atoms with Crippen molar-refractivity contribution in [3.05, 3.63) is 21.9 Å². The summed E-state index contributed by atoms with van der Waals surface area (Å²) in [6, 6.07) is 3.84. The summed E-state index contributed by atoms with van der Waals surface area (Å²) in [7, 11) is 4.01. The summed E-state index contributed by atoms with van der Waals surface area (Å²) in [6.07, 6.45) is 28.1. The molecular formula is C40H72N2O5S. The van der Waals surface area contributed by atoms with Gasteiger partial charge in [-0.25, -0.2) is 0 Å². The predicted octanol–water partition coefficient (Wildman–Crippen LogP) is 10.7. The number of nitrogens with zero attached hydrogens (tertiary/aromatic N) is 2. The van der Waals surface area contributed by atoms with E-state index in [4.69, 9.17) is 9.47 Å². The summed E-state index contributed by atoms with van der Waals surface area (Å²) >= 11 is 1.48. The lowest BCUT2D eigenvalue weighted by Crippen LogP contribution is -2.37. The van der Waals surface area contributed by atoms with Gasteiger partial charge < -0.3 is 19.3 Å². The third kappa shape index (κ3) is 25.1. The van der Waals surface area contributed by atoms with Gasteiger partial charge in [0.2, 0.25) is 0 Å². The first-order valence-corrected chi connectivity index (χ1v) is 20.5. The van der Waals surface area contributed by atoms with Crippen molar-refractivity contribution in [2.75, 3.05) is 40.4 Å². The first-order valence-electron chi connectivity index (χ1n) is 19.7. The Balaban J connectivity index is 2.34. The molecule has 278 valence electrons. The van der Waals surface area contributed by atoms with E-state index >= 15 is 0 Å². The molecule has 0 atom stereocenters. The van der Waals surface area contributed by atoms with Crippen LogP contribution in [0.1, 0.15) is 182 Å². The van der Waals surface area contributed by atoms with Crippen molar-refractivity contribution in [2.24, 2.45) is 0 Å². The lowest BCUT2D eigenvalue weighted by Gasteiger charge is -2.22. The van der Waals surface area contributed by atoms with Gasteiger partial charge in [-0.15, -0.1) is 11.3 Å². The van der Waals surface area contributed by atoms with Crippen molar-refractivity contribution < 1.29 is 23.9 Å². The summed E-state index contributed by atoms with van der Waals surface area (Å²) < 4.78 is 11.0.